The zero-order valence-electron chi connectivity index (χ0n) is 12.7. The molecule has 0 aliphatic heterocycles. The third kappa shape index (κ3) is 4.22. The molecule has 0 aliphatic carbocycles. The SMILES string of the molecule is Cc1ccc2[se]n(CCNC(=O)OC(C)(C)C)c(=O)c2c1. The first kappa shape index (κ1) is 15.9. The number of carbonyl (C=O) groups is 1. The van der Waals surface area contributed by atoms with Gasteiger partial charge in [-0.15, -0.1) is 0 Å². The summed E-state index contributed by atoms with van der Waals surface area (Å²) in [6.45, 7) is 8.34. The summed E-state index contributed by atoms with van der Waals surface area (Å²) in [6, 6.07) is 5.97. The molecule has 0 atom stereocenters. The fourth-order valence-corrected chi connectivity index (χ4v) is 3.95. The first-order valence-corrected chi connectivity index (χ1v) is 8.46. The van der Waals surface area contributed by atoms with E-state index in [1.165, 1.54) is 0 Å². The molecule has 6 heteroatoms. The standard InChI is InChI=1S/C15H20N2O3Se/c1-10-5-6-12-11(9-10)13(18)17(21-12)8-7-16-14(19)20-15(2,3)4/h5-6,9H,7-8H2,1-4H3,(H,16,19). The van der Waals surface area contributed by atoms with Gasteiger partial charge in [0.15, 0.2) is 0 Å². The molecule has 0 spiro atoms. The maximum absolute atomic E-state index is 12.3. The van der Waals surface area contributed by atoms with Gasteiger partial charge in [-0.2, -0.15) is 0 Å². The van der Waals surface area contributed by atoms with E-state index in [0.29, 0.717) is 13.1 Å². The second-order valence-electron chi connectivity index (χ2n) is 5.93. The predicted molar refractivity (Wildman–Crippen MR) is 84.1 cm³/mol. The Bertz CT molecular complexity index is 710. The molecule has 0 radical (unpaired) electrons. The third-order valence-electron chi connectivity index (χ3n) is 2.78. The van der Waals surface area contributed by atoms with Crippen LogP contribution in [0.3, 0.4) is 0 Å². The quantitative estimate of drug-likeness (QED) is 0.856. The van der Waals surface area contributed by atoms with Crippen molar-refractivity contribution in [3.8, 4) is 0 Å². The number of hydrogen-bond acceptors (Lipinski definition) is 3. The van der Waals surface area contributed by atoms with E-state index < -0.39 is 11.7 Å². The van der Waals surface area contributed by atoms with E-state index >= 15 is 0 Å². The second kappa shape index (κ2) is 6.08. The van der Waals surface area contributed by atoms with Crippen LogP contribution in [0.15, 0.2) is 23.0 Å². The van der Waals surface area contributed by atoms with Gasteiger partial charge in [-0.1, -0.05) is 0 Å². The van der Waals surface area contributed by atoms with E-state index in [1.807, 2.05) is 45.9 Å². The van der Waals surface area contributed by atoms with Gasteiger partial charge in [-0.25, -0.2) is 0 Å². The summed E-state index contributed by atoms with van der Waals surface area (Å²) in [4.78, 5) is 23.8. The van der Waals surface area contributed by atoms with Crippen molar-refractivity contribution in [2.45, 2.75) is 39.8 Å². The summed E-state index contributed by atoms with van der Waals surface area (Å²) in [7, 11) is 0. The molecule has 0 fully saturated rings. The Morgan fingerprint density at radius 1 is 1.38 bits per heavy atom. The van der Waals surface area contributed by atoms with Gasteiger partial charge in [0.25, 0.3) is 0 Å². The third-order valence-corrected chi connectivity index (χ3v) is 5.14. The minimum absolute atomic E-state index is 0.00424. The van der Waals surface area contributed by atoms with E-state index in [9.17, 15) is 9.59 Å². The van der Waals surface area contributed by atoms with Gasteiger partial charge in [0.1, 0.15) is 0 Å². The van der Waals surface area contributed by atoms with E-state index in [1.54, 1.807) is 3.56 Å². The Labute approximate surface area is 129 Å². The molecule has 114 valence electrons. The van der Waals surface area contributed by atoms with Crippen LogP contribution in [0, 0.1) is 6.92 Å². The summed E-state index contributed by atoms with van der Waals surface area (Å²) < 4.78 is 8.07. The molecule has 0 saturated heterocycles. The molecule has 1 heterocycles. The molecule has 5 nitrogen and oxygen atoms in total. The minimum atomic E-state index is -0.509. The van der Waals surface area contributed by atoms with Gasteiger partial charge in [0.05, 0.1) is 0 Å². The molecule has 0 aliphatic rings. The monoisotopic (exact) mass is 356 g/mol. The van der Waals surface area contributed by atoms with Crippen molar-refractivity contribution in [1.82, 2.24) is 8.88 Å². The number of fused-ring (bicyclic) bond motifs is 1. The first-order valence-electron chi connectivity index (χ1n) is 6.83. The van der Waals surface area contributed by atoms with Crippen LogP contribution >= 0.6 is 0 Å². The Morgan fingerprint density at radius 3 is 2.76 bits per heavy atom. The van der Waals surface area contributed by atoms with Gasteiger partial charge in [0, 0.05) is 0 Å². The first-order chi connectivity index (χ1) is 9.76. The van der Waals surface area contributed by atoms with Gasteiger partial charge in [-0.05, 0) is 0 Å². The van der Waals surface area contributed by atoms with Crippen molar-refractivity contribution in [2.75, 3.05) is 6.54 Å². The summed E-state index contributed by atoms with van der Waals surface area (Å²) in [5.41, 5.74) is 0.636. The van der Waals surface area contributed by atoms with Gasteiger partial charge in [0.2, 0.25) is 0 Å². The molecule has 1 aromatic heterocycles. The van der Waals surface area contributed by atoms with Crippen LogP contribution in [-0.4, -0.2) is 36.5 Å². The molecular formula is C15H20N2O3Se. The maximum atomic E-state index is 12.3. The summed E-state index contributed by atoms with van der Waals surface area (Å²) >= 11 is -0.00424. The Hall–Kier alpha value is -1.52. The van der Waals surface area contributed by atoms with E-state index in [2.05, 4.69) is 5.32 Å². The number of rotatable bonds is 3. The molecule has 1 amide bonds. The number of carbonyl (C=O) groups excluding carboxylic acids is 1. The summed E-state index contributed by atoms with van der Waals surface area (Å²) in [5, 5.41) is 3.48. The van der Waals surface area contributed by atoms with Crippen molar-refractivity contribution >= 4 is 30.5 Å². The predicted octanol–water partition coefficient (Wildman–Crippen LogP) is 1.89. The molecule has 0 bridgehead atoms. The van der Waals surface area contributed by atoms with Crippen LogP contribution in [-0.2, 0) is 11.3 Å². The molecular weight excluding hydrogens is 335 g/mol. The Morgan fingerprint density at radius 2 is 2.10 bits per heavy atom. The van der Waals surface area contributed by atoms with Crippen LogP contribution in [0.2, 0.25) is 0 Å². The summed E-state index contributed by atoms with van der Waals surface area (Å²) in [6.07, 6.45) is -0.449. The molecule has 0 saturated carbocycles. The number of alkyl carbamates (subject to hydrolysis) is 1. The second-order valence-corrected chi connectivity index (χ2v) is 8.16. The van der Waals surface area contributed by atoms with Crippen molar-refractivity contribution < 1.29 is 9.53 Å². The van der Waals surface area contributed by atoms with Crippen molar-refractivity contribution in [3.05, 3.63) is 34.1 Å². The van der Waals surface area contributed by atoms with Gasteiger partial charge < -0.3 is 0 Å². The van der Waals surface area contributed by atoms with E-state index in [0.717, 1.165) is 15.2 Å². The van der Waals surface area contributed by atoms with Crippen LogP contribution in [0.1, 0.15) is 26.3 Å². The zero-order chi connectivity index (χ0) is 15.6. The van der Waals surface area contributed by atoms with Crippen LogP contribution in [0.4, 0.5) is 4.79 Å². The Balaban J connectivity index is 2.00. The molecule has 2 rings (SSSR count). The summed E-state index contributed by atoms with van der Waals surface area (Å²) in [5.74, 6) is 0. The van der Waals surface area contributed by atoms with Crippen LogP contribution in [0.25, 0.3) is 9.65 Å². The van der Waals surface area contributed by atoms with Crippen molar-refractivity contribution in [1.29, 1.82) is 0 Å². The molecule has 0 unspecified atom stereocenters. The fraction of sp³-hybridized carbons (Fsp3) is 0.467. The number of aromatic nitrogens is 1. The van der Waals surface area contributed by atoms with Crippen molar-refractivity contribution in [2.24, 2.45) is 0 Å². The van der Waals surface area contributed by atoms with E-state index in [-0.39, 0.29) is 20.3 Å². The number of aryl methyl sites for hydroxylation is 1. The normalized spacial score (nSPS) is 11.6. The molecule has 2 aromatic rings. The topological polar surface area (TPSA) is 60.3 Å². The number of amides is 1. The molecule has 1 N–H and O–H groups in total. The number of benzene rings is 1. The van der Waals surface area contributed by atoms with Crippen molar-refractivity contribution in [3.63, 3.8) is 0 Å². The Kier molecular flexibility index (Phi) is 4.59. The molecule has 1 aromatic carbocycles. The van der Waals surface area contributed by atoms with Gasteiger partial charge >= 0.3 is 129 Å². The zero-order valence-corrected chi connectivity index (χ0v) is 14.4. The van der Waals surface area contributed by atoms with Crippen LogP contribution < -0.4 is 10.9 Å². The average Bonchev–Trinajstić information content (AvgIpc) is 2.65. The molecule has 21 heavy (non-hydrogen) atoms. The fourth-order valence-electron chi connectivity index (χ4n) is 1.91. The van der Waals surface area contributed by atoms with Gasteiger partial charge in [-0.3, -0.25) is 0 Å². The number of nitrogens with zero attached hydrogens (tertiary/aromatic N) is 1. The average molecular weight is 355 g/mol. The van der Waals surface area contributed by atoms with E-state index in [4.69, 9.17) is 4.74 Å². The number of hydrogen-bond donors (Lipinski definition) is 1. The number of nitrogens with one attached hydrogen (secondary N) is 1. The van der Waals surface area contributed by atoms with Crippen LogP contribution in [0.5, 0.6) is 0 Å². The number of ether oxygens (including phenoxy) is 1.